The SMILES string of the molecule is OCC1CCC(n2cnc3c(NC4CCN(c5ccc(C(F)(F)F)cc5)C4)ncnc32)C1. The zero-order valence-electron chi connectivity index (χ0n) is 17.5. The number of imidazole rings is 1. The van der Waals surface area contributed by atoms with Gasteiger partial charge in [0, 0.05) is 37.5 Å². The molecule has 0 radical (unpaired) electrons. The normalized spacial score (nSPS) is 23.9. The zero-order chi connectivity index (χ0) is 22.3. The van der Waals surface area contributed by atoms with Crippen LogP contribution < -0.4 is 10.2 Å². The second-order valence-electron chi connectivity index (χ2n) is 8.68. The van der Waals surface area contributed by atoms with Crippen molar-refractivity contribution in [1.82, 2.24) is 19.5 Å². The molecule has 3 aromatic rings. The minimum Gasteiger partial charge on any atom is -0.396 e. The average Bonchev–Trinajstić information content (AvgIpc) is 3.52. The number of alkyl halides is 3. The highest BCUT2D eigenvalue weighted by Crippen LogP contribution is 2.36. The van der Waals surface area contributed by atoms with E-state index in [-0.39, 0.29) is 18.7 Å². The Morgan fingerprint density at radius 1 is 1.06 bits per heavy atom. The van der Waals surface area contributed by atoms with Crippen LogP contribution in [0, 0.1) is 5.92 Å². The van der Waals surface area contributed by atoms with Crippen LogP contribution in [-0.2, 0) is 6.18 Å². The molecule has 3 atom stereocenters. The largest absolute Gasteiger partial charge is 0.416 e. The molecule has 1 saturated carbocycles. The molecule has 0 spiro atoms. The van der Waals surface area contributed by atoms with Crippen molar-refractivity contribution in [3.05, 3.63) is 42.5 Å². The van der Waals surface area contributed by atoms with Crippen LogP contribution in [0.15, 0.2) is 36.9 Å². The van der Waals surface area contributed by atoms with Crippen LogP contribution in [0.25, 0.3) is 11.2 Å². The first kappa shape index (κ1) is 21.0. The predicted molar refractivity (Wildman–Crippen MR) is 114 cm³/mol. The number of benzene rings is 1. The Kier molecular flexibility index (Phi) is 5.40. The molecule has 2 N–H and O–H groups in total. The molecule has 1 aliphatic heterocycles. The third-order valence-corrected chi connectivity index (χ3v) is 6.61. The Hall–Kier alpha value is -2.88. The third kappa shape index (κ3) is 3.99. The number of halogens is 3. The Balaban J connectivity index is 1.28. The summed E-state index contributed by atoms with van der Waals surface area (Å²) in [7, 11) is 0. The minimum atomic E-state index is -4.33. The molecule has 1 saturated heterocycles. The third-order valence-electron chi connectivity index (χ3n) is 6.61. The molecule has 10 heteroatoms. The van der Waals surface area contributed by atoms with Gasteiger partial charge in [0.05, 0.1) is 11.9 Å². The molecule has 3 unspecified atom stereocenters. The molecule has 3 heterocycles. The quantitative estimate of drug-likeness (QED) is 0.620. The molecular formula is C22H25F3N6O. The first-order chi connectivity index (χ1) is 15.4. The van der Waals surface area contributed by atoms with Gasteiger partial charge in [-0.15, -0.1) is 0 Å². The van der Waals surface area contributed by atoms with E-state index in [2.05, 4.69) is 29.7 Å². The van der Waals surface area contributed by atoms with E-state index >= 15 is 0 Å². The fraction of sp³-hybridized carbons (Fsp3) is 0.500. The molecule has 2 fully saturated rings. The van der Waals surface area contributed by atoms with E-state index in [1.165, 1.54) is 18.5 Å². The Bertz CT molecular complexity index is 1080. The van der Waals surface area contributed by atoms with Crippen LogP contribution in [0.4, 0.5) is 24.7 Å². The van der Waals surface area contributed by atoms with Gasteiger partial charge in [0.15, 0.2) is 11.5 Å². The van der Waals surface area contributed by atoms with E-state index in [1.54, 1.807) is 6.33 Å². The number of aliphatic hydroxyl groups is 1. The van der Waals surface area contributed by atoms with Gasteiger partial charge in [0.25, 0.3) is 0 Å². The molecule has 0 bridgehead atoms. The minimum absolute atomic E-state index is 0.103. The molecule has 2 aromatic heterocycles. The molecule has 5 rings (SSSR count). The van der Waals surface area contributed by atoms with Gasteiger partial charge in [-0.2, -0.15) is 13.2 Å². The van der Waals surface area contributed by atoms with E-state index < -0.39 is 11.7 Å². The number of nitrogens with one attached hydrogen (secondary N) is 1. The van der Waals surface area contributed by atoms with Crippen molar-refractivity contribution < 1.29 is 18.3 Å². The summed E-state index contributed by atoms with van der Waals surface area (Å²) in [6, 6.07) is 5.68. The summed E-state index contributed by atoms with van der Waals surface area (Å²) >= 11 is 0. The van der Waals surface area contributed by atoms with Crippen LogP contribution in [0.2, 0.25) is 0 Å². The first-order valence-electron chi connectivity index (χ1n) is 10.9. The smallest absolute Gasteiger partial charge is 0.396 e. The van der Waals surface area contributed by atoms with E-state index in [4.69, 9.17) is 0 Å². The fourth-order valence-corrected chi connectivity index (χ4v) is 4.86. The van der Waals surface area contributed by atoms with Crippen molar-refractivity contribution >= 4 is 22.7 Å². The lowest BCUT2D eigenvalue weighted by Crippen LogP contribution is -2.26. The number of aromatic nitrogens is 4. The topological polar surface area (TPSA) is 79.1 Å². The number of fused-ring (bicyclic) bond motifs is 1. The average molecular weight is 446 g/mol. The maximum atomic E-state index is 12.8. The number of hydrogen-bond acceptors (Lipinski definition) is 6. The van der Waals surface area contributed by atoms with Gasteiger partial charge in [0.1, 0.15) is 11.8 Å². The Labute approximate surface area is 183 Å². The van der Waals surface area contributed by atoms with Crippen LogP contribution in [0.1, 0.15) is 37.3 Å². The first-order valence-corrected chi connectivity index (χ1v) is 10.9. The molecule has 0 amide bonds. The van der Waals surface area contributed by atoms with Crippen molar-refractivity contribution in [1.29, 1.82) is 0 Å². The lowest BCUT2D eigenvalue weighted by Gasteiger charge is -2.20. The van der Waals surface area contributed by atoms with Gasteiger partial charge in [-0.3, -0.25) is 0 Å². The summed E-state index contributed by atoms with van der Waals surface area (Å²) in [5, 5.41) is 12.9. The maximum Gasteiger partial charge on any atom is 0.416 e. The van der Waals surface area contributed by atoms with Gasteiger partial charge in [-0.25, -0.2) is 15.0 Å². The summed E-state index contributed by atoms with van der Waals surface area (Å²) in [4.78, 5) is 15.5. The van der Waals surface area contributed by atoms with Crippen LogP contribution in [-0.4, -0.2) is 50.4 Å². The van der Waals surface area contributed by atoms with Gasteiger partial charge in [-0.05, 0) is 55.9 Å². The van der Waals surface area contributed by atoms with Crippen LogP contribution >= 0.6 is 0 Å². The molecule has 7 nitrogen and oxygen atoms in total. The molecule has 1 aromatic carbocycles. The van der Waals surface area contributed by atoms with Crippen molar-refractivity contribution in [2.75, 3.05) is 29.9 Å². The molecule has 2 aliphatic rings. The van der Waals surface area contributed by atoms with Gasteiger partial charge in [0.2, 0.25) is 0 Å². The van der Waals surface area contributed by atoms with E-state index in [0.29, 0.717) is 23.8 Å². The summed E-state index contributed by atoms with van der Waals surface area (Å²) in [6.45, 7) is 1.62. The van der Waals surface area contributed by atoms with Crippen molar-refractivity contribution in [3.8, 4) is 0 Å². The molecule has 32 heavy (non-hydrogen) atoms. The van der Waals surface area contributed by atoms with Crippen molar-refractivity contribution in [2.24, 2.45) is 5.92 Å². The van der Waals surface area contributed by atoms with E-state index in [0.717, 1.165) is 55.7 Å². The number of hydrogen-bond donors (Lipinski definition) is 2. The predicted octanol–water partition coefficient (Wildman–Crippen LogP) is 3.87. The van der Waals surface area contributed by atoms with E-state index in [9.17, 15) is 18.3 Å². The van der Waals surface area contributed by atoms with Crippen molar-refractivity contribution in [3.63, 3.8) is 0 Å². The fourth-order valence-electron chi connectivity index (χ4n) is 4.86. The lowest BCUT2D eigenvalue weighted by molar-refractivity contribution is -0.137. The van der Waals surface area contributed by atoms with Gasteiger partial charge in [-0.1, -0.05) is 0 Å². The highest BCUT2D eigenvalue weighted by molar-refractivity contribution is 5.83. The molecule has 170 valence electrons. The number of aliphatic hydroxyl groups excluding tert-OH is 1. The summed E-state index contributed by atoms with van der Waals surface area (Å²) in [5.41, 5.74) is 1.64. The Morgan fingerprint density at radius 2 is 1.88 bits per heavy atom. The lowest BCUT2D eigenvalue weighted by atomic mass is 10.1. The second kappa shape index (κ2) is 8.23. The summed E-state index contributed by atoms with van der Waals surface area (Å²) in [6.07, 6.45) is 2.76. The van der Waals surface area contributed by atoms with Gasteiger partial charge >= 0.3 is 6.18 Å². The number of rotatable bonds is 5. The number of nitrogens with zero attached hydrogens (tertiary/aromatic N) is 5. The summed E-state index contributed by atoms with van der Waals surface area (Å²) in [5.74, 6) is 0.997. The standard InChI is InChI=1S/C22H25F3N6O/c23-22(24,25)15-2-5-17(6-3-15)30-8-7-16(10-30)29-20-19-21(27-12-26-20)31(13-28-19)18-4-1-14(9-18)11-32/h2-3,5-6,12-14,16,18,32H,1,4,7-11H2,(H,26,27,29). The highest BCUT2D eigenvalue weighted by atomic mass is 19.4. The molecular weight excluding hydrogens is 421 g/mol. The van der Waals surface area contributed by atoms with Crippen LogP contribution in [0.5, 0.6) is 0 Å². The van der Waals surface area contributed by atoms with Crippen molar-refractivity contribution in [2.45, 2.75) is 43.9 Å². The van der Waals surface area contributed by atoms with Crippen LogP contribution in [0.3, 0.4) is 0 Å². The Morgan fingerprint density at radius 3 is 2.59 bits per heavy atom. The monoisotopic (exact) mass is 446 g/mol. The second-order valence-corrected chi connectivity index (χ2v) is 8.68. The highest BCUT2D eigenvalue weighted by Gasteiger charge is 2.31. The maximum absolute atomic E-state index is 12.8. The van der Waals surface area contributed by atoms with E-state index in [1.807, 2.05) is 0 Å². The number of anilines is 2. The zero-order valence-corrected chi connectivity index (χ0v) is 17.5. The van der Waals surface area contributed by atoms with Gasteiger partial charge < -0.3 is 19.9 Å². The molecule has 1 aliphatic carbocycles. The summed E-state index contributed by atoms with van der Waals surface area (Å²) < 4.78 is 40.5.